The summed E-state index contributed by atoms with van der Waals surface area (Å²) in [6, 6.07) is 9.09. The lowest BCUT2D eigenvalue weighted by atomic mass is 10.3. The number of aryl methyl sites for hydroxylation is 1. The van der Waals surface area contributed by atoms with Crippen LogP contribution in [0.1, 0.15) is 5.56 Å². The quantitative estimate of drug-likeness (QED) is 0.822. The predicted octanol–water partition coefficient (Wildman–Crippen LogP) is 0.285. The SMILES string of the molecule is Cc1cn(CC(O)COc2ccccc2)c(=O)[nH]c1=O. The molecule has 1 atom stereocenters. The maximum Gasteiger partial charge on any atom is 0.328 e. The first-order valence-corrected chi connectivity index (χ1v) is 6.22. The number of nitrogens with zero attached hydrogens (tertiary/aromatic N) is 1. The summed E-state index contributed by atoms with van der Waals surface area (Å²) in [5, 5.41) is 9.87. The van der Waals surface area contributed by atoms with Crippen molar-refractivity contribution in [2.75, 3.05) is 6.61 Å². The number of aromatic nitrogens is 2. The molecule has 20 heavy (non-hydrogen) atoms. The van der Waals surface area contributed by atoms with E-state index in [1.807, 2.05) is 18.2 Å². The molecule has 1 aromatic heterocycles. The Labute approximate surface area is 115 Å². The van der Waals surface area contributed by atoms with E-state index in [9.17, 15) is 14.7 Å². The summed E-state index contributed by atoms with van der Waals surface area (Å²) in [5.74, 6) is 0.650. The van der Waals surface area contributed by atoms with Crippen LogP contribution >= 0.6 is 0 Å². The number of aliphatic hydroxyl groups is 1. The van der Waals surface area contributed by atoms with E-state index in [0.717, 1.165) is 0 Å². The molecule has 0 aliphatic rings. The molecule has 0 radical (unpaired) electrons. The van der Waals surface area contributed by atoms with E-state index < -0.39 is 17.4 Å². The molecule has 0 saturated heterocycles. The Bertz CT molecular complexity index is 676. The van der Waals surface area contributed by atoms with Gasteiger partial charge in [0.1, 0.15) is 18.5 Å². The highest BCUT2D eigenvalue weighted by molar-refractivity contribution is 5.20. The Morgan fingerprint density at radius 2 is 2.00 bits per heavy atom. The van der Waals surface area contributed by atoms with Gasteiger partial charge in [-0.05, 0) is 19.1 Å². The number of benzene rings is 1. The van der Waals surface area contributed by atoms with Crippen LogP contribution in [0.15, 0.2) is 46.1 Å². The fraction of sp³-hybridized carbons (Fsp3) is 0.286. The van der Waals surface area contributed by atoms with Crippen LogP contribution in [0.4, 0.5) is 0 Å². The van der Waals surface area contributed by atoms with E-state index in [4.69, 9.17) is 4.74 Å². The largest absolute Gasteiger partial charge is 0.491 e. The van der Waals surface area contributed by atoms with E-state index in [0.29, 0.717) is 11.3 Å². The first kappa shape index (κ1) is 14.1. The van der Waals surface area contributed by atoms with Crippen molar-refractivity contribution in [2.24, 2.45) is 0 Å². The summed E-state index contributed by atoms with van der Waals surface area (Å²) in [6.07, 6.45) is 0.575. The van der Waals surface area contributed by atoms with Crippen molar-refractivity contribution in [1.82, 2.24) is 9.55 Å². The van der Waals surface area contributed by atoms with Crippen molar-refractivity contribution in [1.29, 1.82) is 0 Å². The summed E-state index contributed by atoms with van der Waals surface area (Å²) in [6.45, 7) is 1.72. The smallest absolute Gasteiger partial charge is 0.328 e. The Balaban J connectivity index is 1.98. The lowest BCUT2D eigenvalue weighted by Crippen LogP contribution is -2.35. The second-order valence-corrected chi connectivity index (χ2v) is 4.50. The Morgan fingerprint density at radius 1 is 1.30 bits per heavy atom. The zero-order valence-corrected chi connectivity index (χ0v) is 11.1. The molecule has 0 spiro atoms. The Kier molecular flexibility index (Phi) is 4.37. The molecule has 0 aliphatic heterocycles. The number of para-hydroxylation sites is 1. The third-order valence-electron chi connectivity index (χ3n) is 2.78. The summed E-state index contributed by atoms with van der Waals surface area (Å²) in [7, 11) is 0. The van der Waals surface area contributed by atoms with Crippen molar-refractivity contribution in [2.45, 2.75) is 19.6 Å². The number of rotatable bonds is 5. The minimum absolute atomic E-state index is 0.0588. The Morgan fingerprint density at radius 3 is 2.70 bits per heavy atom. The maximum absolute atomic E-state index is 11.6. The van der Waals surface area contributed by atoms with Gasteiger partial charge in [0.05, 0.1) is 6.54 Å². The second-order valence-electron chi connectivity index (χ2n) is 4.50. The van der Waals surface area contributed by atoms with Gasteiger partial charge in [-0.2, -0.15) is 0 Å². The highest BCUT2D eigenvalue weighted by Gasteiger charge is 2.09. The van der Waals surface area contributed by atoms with Gasteiger partial charge in [-0.1, -0.05) is 18.2 Å². The van der Waals surface area contributed by atoms with Crippen LogP contribution in [0.3, 0.4) is 0 Å². The fourth-order valence-electron chi connectivity index (χ4n) is 1.74. The van der Waals surface area contributed by atoms with Gasteiger partial charge in [-0.15, -0.1) is 0 Å². The number of hydrogen-bond acceptors (Lipinski definition) is 4. The van der Waals surface area contributed by atoms with Gasteiger partial charge in [-0.3, -0.25) is 14.3 Å². The number of H-pyrrole nitrogens is 1. The molecule has 0 bridgehead atoms. The third-order valence-corrected chi connectivity index (χ3v) is 2.78. The van der Waals surface area contributed by atoms with Gasteiger partial charge in [0.15, 0.2) is 0 Å². The standard InChI is InChI=1S/C14H16N2O4/c1-10-7-16(14(19)15-13(10)18)8-11(17)9-20-12-5-3-2-4-6-12/h2-7,11,17H,8-9H2,1H3,(H,15,18,19). The molecule has 2 rings (SSSR count). The first-order valence-electron chi connectivity index (χ1n) is 6.22. The monoisotopic (exact) mass is 276 g/mol. The molecule has 1 aromatic carbocycles. The molecule has 6 heteroatoms. The summed E-state index contributed by atoms with van der Waals surface area (Å²) >= 11 is 0. The van der Waals surface area contributed by atoms with E-state index in [-0.39, 0.29) is 13.2 Å². The number of aromatic amines is 1. The summed E-state index contributed by atoms with van der Waals surface area (Å²) in [5.41, 5.74) is -0.540. The van der Waals surface area contributed by atoms with Crippen LogP contribution in [-0.4, -0.2) is 27.4 Å². The molecule has 0 amide bonds. The van der Waals surface area contributed by atoms with Gasteiger partial charge in [0, 0.05) is 11.8 Å². The van der Waals surface area contributed by atoms with Gasteiger partial charge in [0.25, 0.3) is 5.56 Å². The molecule has 2 N–H and O–H groups in total. The van der Waals surface area contributed by atoms with Crippen molar-refractivity contribution in [3.63, 3.8) is 0 Å². The topological polar surface area (TPSA) is 84.3 Å². The molecule has 0 saturated carbocycles. The number of aliphatic hydroxyl groups excluding tert-OH is 1. The number of nitrogens with one attached hydrogen (secondary N) is 1. The molecule has 0 fully saturated rings. The number of hydrogen-bond donors (Lipinski definition) is 2. The van der Waals surface area contributed by atoms with E-state index in [1.54, 1.807) is 19.1 Å². The van der Waals surface area contributed by atoms with E-state index in [2.05, 4.69) is 4.98 Å². The zero-order chi connectivity index (χ0) is 14.5. The fourth-order valence-corrected chi connectivity index (χ4v) is 1.74. The lowest BCUT2D eigenvalue weighted by Gasteiger charge is -2.13. The Hall–Kier alpha value is -2.34. The minimum Gasteiger partial charge on any atom is -0.491 e. The maximum atomic E-state index is 11.6. The highest BCUT2D eigenvalue weighted by atomic mass is 16.5. The summed E-state index contributed by atoms with van der Waals surface area (Å²) < 4.78 is 6.66. The molecular weight excluding hydrogens is 260 g/mol. The van der Waals surface area contributed by atoms with E-state index in [1.165, 1.54) is 10.8 Å². The van der Waals surface area contributed by atoms with Gasteiger partial charge in [-0.25, -0.2) is 4.79 Å². The molecular formula is C14H16N2O4. The zero-order valence-electron chi connectivity index (χ0n) is 11.1. The highest BCUT2D eigenvalue weighted by Crippen LogP contribution is 2.08. The molecule has 1 heterocycles. The van der Waals surface area contributed by atoms with E-state index >= 15 is 0 Å². The van der Waals surface area contributed by atoms with Crippen LogP contribution in [0.5, 0.6) is 5.75 Å². The molecule has 106 valence electrons. The van der Waals surface area contributed by atoms with Crippen molar-refractivity contribution in [3.8, 4) is 5.75 Å². The first-order chi connectivity index (χ1) is 9.56. The van der Waals surface area contributed by atoms with Crippen LogP contribution < -0.4 is 16.0 Å². The van der Waals surface area contributed by atoms with Crippen LogP contribution in [-0.2, 0) is 6.54 Å². The molecule has 1 unspecified atom stereocenters. The second kappa shape index (κ2) is 6.21. The molecule has 0 aliphatic carbocycles. The van der Waals surface area contributed by atoms with Gasteiger partial charge < -0.3 is 9.84 Å². The van der Waals surface area contributed by atoms with Gasteiger partial charge >= 0.3 is 5.69 Å². The third kappa shape index (κ3) is 3.58. The van der Waals surface area contributed by atoms with Crippen LogP contribution in [0.2, 0.25) is 0 Å². The molecule has 6 nitrogen and oxygen atoms in total. The summed E-state index contributed by atoms with van der Waals surface area (Å²) in [4.78, 5) is 25.0. The lowest BCUT2D eigenvalue weighted by molar-refractivity contribution is 0.0911. The number of ether oxygens (including phenoxy) is 1. The predicted molar refractivity (Wildman–Crippen MR) is 74.0 cm³/mol. The molecule has 2 aromatic rings. The van der Waals surface area contributed by atoms with Crippen LogP contribution in [0, 0.1) is 6.92 Å². The van der Waals surface area contributed by atoms with Crippen molar-refractivity contribution >= 4 is 0 Å². The average Bonchev–Trinajstić information content (AvgIpc) is 2.44. The normalized spacial score (nSPS) is 12.1. The minimum atomic E-state index is -0.849. The van der Waals surface area contributed by atoms with Gasteiger partial charge in [0.2, 0.25) is 0 Å². The van der Waals surface area contributed by atoms with Crippen molar-refractivity contribution in [3.05, 3.63) is 62.9 Å². The average molecular weight is 276 g/mol. The van der Waals surface area contributed by atoms with Crippen LogP contribution in [0.25, 0.3) is 0 Å². The van der Waals surface area contributed by atoms with Crippen molar-refractivity contribution < 1.29 is 9.84 Å².